The van der Waals surface area contributed by atoms with Gasteiger partial charge in [0, 0.05) is 5.75 Å². The molecule has 0 aromatic heterocycles. The van der Waals surface area contributed by atoms with Crippen molar-refractivity contribution in [2.75, 3.05) is 11.5 Å². The van der Waals surface area contributed by atoms with Crippen LogP contribution in [0.25, 0.3) is 0 Å². The van der Waals surface area contributed by atoms with E-state index in [9.17, 15) is 22.8 Å². The number of amides is 1. The van der Waals surface area contributed by atoms with Crippen molar-refractivity contribution in [3.05, 3.63) is 0 Å². The SMILES string of the molecule is CCCSCC(NC(=O)C(F)(F)F)C(=O)O. The van der Waals surface area contributed by atoms with Gasteiger partial charge in [-0.1, -0.05) is 6.92 Å². The van der Waals surface area contributed by atoms with Gasteiger partial charge in [0.15, 0.2) is 0 Å². The van der Waals surface area contributed by atoms with Gasteiger partial charge in [-0.05, 0) is 12.2 Å². The summed E-state index contributed by atoms with van der Waals surface area (Å²) in [4.78, 5) is 21.1. The lowest BCUT2D eigenvalue weighted by atomic mass is 10.3. The second-order valence-electron chi connectivity index (χ2n) is 2.94. The second kappa shape index (κ2) is 6.62. The molecule has 1 atom stereocenters. The fraction of sp³-hybridized carbons (Fsp3) is 0.750. The van der Waals surface area contributed by atoms with E-state index in [0.29, 0.717) is 5.75 Å². The number of carboxylic acid groups (broad SMARTS) is 1. The summed E-state index contributed by atoms with van der Waals surface area (Å²) < 4.78 is 35.5. The summed E-state index contributed by atoms with van der Waals surface area (Å²) in [6.45, 7) is 1.86. The Morgan fingerprint density at radius 1 is 1.44 bits per heavy atom. The van der Waals surface area contributed by atoms with E-state index in [1.807, 2.05) is 6.92 Å². The molecule has 0 aliphatic rings. The number of hydrogen-bond acceptors (Lipinski definition) is 3. The molecule has 1 unspecified atom stereocenters. The predicted octanol–water partition coefficient (Wildman–Crippen LogP) is 1.26. The maximum absolute atomic E-state index is 11.8. The Morgan fingerprint density at radius 2 is 2.00 bits per heavy atom. The van der Waals surface area contributed by atoms with Crippen LogP contribution in [0.4, 0.5) is 13.2 Å². The molecular weight excluding hydrogens is 247 g/mol. The summed E-state index contributed by atoms with van der Waals surface area (Å²) in [5.74, 6) is -3.14. The average molecular weight is 259 g/mol. The topological polar surface area (TPSA) is 66.4 Å². The van der Waals surface area contributed by atoms with Gasteiger partial charge in [0.05, 0.1) is 0 Å². The maximum Gasteiger partial charge on any atom is 0.471 e. The van der Waals surface area contributed by atoms with Crippen molar-refractivity contribution < 1.29 is 27.9 Å². The predicted molar refractivity (Wildman–Crippen MR) is 53.2 cm³/mol. The smallest absolute Gasteiger partial charge is 0.471 e. The van der Waals surface area contributed by atoms with Crippen LogP contribution in [0.1, 0.15) is 13.3 Å². The minimum Gasteiger partial charge on any atom is -0.480 e. The molecule has 0 bridgehead atoms. The maximum atomic E-state index is 11.8. The molecule has 0 radical (unpaired) electrons. The minimum atomic E-state index is -5.05. The lowest BCUT2D eigenvalue weighted by molar-refractivity contribution is -0.175. The van der Waals surface area contributed by atoms with Crippen LogP contribution in [0.5, 0.6) is 0 Å². The van der Waals surface area contributed by atoms with Crippen molar-refractivity contribution in [2.24, 2.45) is 0 Å². The molecule has 0 saturated carbocycles. The summed E-state index contributed by atoms with van der Waals surface area (Å²) in [6.07, 6.45) is -4.27. The van der Waals surface area contributed by atoms with Gasteiger partial charge >= 0.3 is 18.1 Å². The van der Waals surface area contributed by atoms with Crippen molar-refractivity contribution in [3.8, 4) is 0 Å². The van der Waals surface area contributed by atoms with E-state index in [0.717, 1.165) is 6.42 Å². The largest absolute Gasteiger partial charge is 0.480 e. The van der Waals surface area contributed by atoms with E-state index >= 15 is 0 Å². The highest BCUT2D eigenvalue weighted by atomic mass is 32.2. The quantitative estimate of drug-likeness (QED) is 0.705. The van der Waals surface area contributed by atoms with Gasteiger partial charge in [0.1, 0.15) is 6.04 Å². The Kier molecular flexibility index (Phi) is 6.24. The third-order valence-corrected chi connectivity index (χ3v) is 2.76. The number of aliphatic carboxylic acids is 1. The Morgan fingerprint density at radius 3 is 2.38 bits per heavy atom. The van der Waals surface area contributed by atoms with Crippen LogP contribution in [0.2, 0.25) is 0 Å². The molecule has 0 saturated heterocycles. The first kappa shape index (κ1) is 15.1. The highest BCUT2D eigenvalue weighted by Gasteiger charge is 2.40. The lowest BCUT2D eigenvalue weighted by Gasteiger charge is -2.15. The molecule has 0 aromatic carbocycles. The summed E-state index contributed by atoms with van der Waals surface area (Å²) in [6, 6.07) is -1.51. The third kappa shape index (κ3) is 5.84. The lowest BCUT2D eigenvalue weighted by Crippen LogP contribution is -2.48. The fourth-order valence-corrected chi connectivity index (χ4v) is 1.68. The number of halogens is 3. The number of nitrogens with one attached hydrogen (secondary N) is 1. The Bertz CT molecular complexity index is 257. The highest BCUT2D eigenvalue weighted by molar-refractivity contribution is 7.99. The zero-order chi connectivity index (χ0) is 12.8. The van der Waals surface area contributed by atoms with Gasteiger partial charge in [-0.25, -0.2) is 4.79 Å². The van der Waals surface area contributed by atoms with Gasteiger partial charge in [0.25, 0.3) is 0 Å². The first-order valence-corrected chi connectivity index (χ1v) is 5.62. The van der Waals surface area contributed by atoms with E-state index in [1.165, 1.54) is 17.1 Å². The third-order valence-electron chi connectivity index (χ3n) is 1.49. The molecule has 4 nitrogen and oxygen atoms in total. The zero-order valence-corrected chi connectivity index (χ0v) is 9.32. The molecule has 1 amide bonds. The van der Waals surface area contributed by atoms with E-state index in [2.05, 4.69) is 0 Å². The van der Waals surface area contributed by atoms with Crippen LogP contribution in [0, 0.1) is 0 Å². The van der Waals surface area contributed by atoms with Crippen molar-refractivity contribution in [2.45, 2.75) is 25.6 Å². The number of carbonyl (C=O) groups is 2. The van der Waals surface area contributed by atoms with E-state index < -0.39 is 24.1 Å². The Balaban J connectivity index is 4.24. The van der Waals surface area contributed by atoms with Crippen LogP contribution >= 0.6 is 11.8 Å². The minimum absolute atomic E-state index is 0.0784. The average Bonchev–Trinajstić information content (AvgIpc) is 2.14. The fourth-order valence-electron chi connectivity index (χ4n) is 0.760. The van der Waals surface area contributed by atoms with Crippen LogP contribution in [0.15, 0.2) is 0 Å². The summed E-state index contributed by atoms with van der Waals surface area (Å²) in [5, 5.41) is 10.0. The van der Waals surface area contributed by atoms with Gasteiger partial charge in [-0.15, -0.1) is 0 Å². The van der Waals surface area contributed by atoms with Crippen LogP contribution in [-0.2, 0) is 9.59 Å². The molecule has 0 heterocycles. The molecule has 0 fully saturated rings. The number of thioether (sulfide) groups is 1. The van der Waals surface area contributed by atoms with Crippen molar-refractivity contribution in [1.29, 1.82) is 0 Å². The van der Waals surface area contributed by atoms with E-state index in [1.54, 1.807) is 0 Å². The monoisotopic (exact) mass is 259 g/mol. The normalized spacial score (nSPS) is 13.2. The Labute approximate surface area is 94.6 Å². The molecule has 0 aliphatic carbocycles. The zero-order valence-electron chi connectivity index (χ0n) is 8.50. The molecule has 16 heavy (non-hydrogen) atoms. The number of carboxylic acids is 1. The van der Waals surface area contributed by atoms with Crippen molar-refractivity contribution in [1.82, 2.24) is 5.32 Å². The molecule has 0 spiro atoms. The van der Waals surface area contributed by atoms with Gasteiger partial charge < -0.3 is 10.4 Å². The summed E-state index contributed by atoms with van der Waals surface area (Å²) in [5.41, 5.74) is 0. The van der Waals surface area contributed by atoms with Crippen LogP contribution in [0.3, 0.4) is 0 Å². The van der Waals surface area contributed by atoms with Crippen LogP contribution in [-0.4, -0.2) is 40.7 Å². The highest BCUT2D eigenvalue weighted by Crippen LogP contribution is 2.15. The molecular formula is C8H12F3NO3S. The van der Waals surface area contributed by atoms with E-state index in [-0.39, 0.29) is 5.75 Å². The van der Waals surface area contributed by atoms with Gasteiger partial charge in [0.2, 0.25) is 0 Å². The molecule has 0 aromatic rings. The number of hydrogen-bond donors (Lipinski definition) is 2. The first-order chi connectivity index (χ1) is 7.29. The number of rotatable bonds is 6. The first-order valence-electron chi connectivity index (χ1n) is 4.47. The molecule has 94 valence electrons. The Hall–Kier alpha value is -0.920. The van der Waals surface area contributed by atoms with Gasteiger partial charge in [-0.2, -0.15) is 24.9 Å². The molecule has 8 heteroatoms. The molecule has 2 N–H and O–H groups in total. The standard InChI is InChI=1S/C8H12F3NO3S/c1-2-3-16-4-5(6(13)14)12-7(15)8(9,10)11/h5H,2-4H2,1H3,(H,12,15)(H,13,14). The number of carbonyl (C=O) groups excluding carboxylic acids is 1. The van der Waals surface area contributed by atoms with Crippen LogP contribution < -0.4 is 5.32 Å². The molecule has 0 rings (SSSR count). The second-order valence-corrected chi connectivity index (χ2v) is 4.09. The van der Waals surface area contributed by atoms with Crippen molar-refractivity contribution in [3.63, 3.8) is 0 Å². The molecule has 0 aliphatic heterocycles. The summed E-state index contributed by atoms with van der Waals surface area (Å²) >= 11 is 1.18. The van der Waals surface area contributed by atoms with E-state index in [4.69, 9.17) is 5.11 Å². The number of alkyl halides is 3. The van der Waals surface area contributed by atoms with Crippen molar-refractivity contribution >= 4 is 23.6 Å². The summed E-state index contributed by atoms with van der Waals surface area (Å²) in [7, 11) is 0. The van der Waals surface area contributed by atoms with Gasteiger partial charge in [-0.3, -0.25) is 4.79 Å².